The molecule has 0 bridgehead atoms. The van der Waals surface area contributed by atoms with E-state index in [9.17, 15) is 27.2 Å². The summed E-state index contributed by atoms with van der Waals surface area (Å²) in [6.45, 7) is -2.21. The van der Waals surface area contributed by atoms with Crippen molar-refractivity contribution >= 4 is 11.9 Å². The molecule has 3 rings (SSSR count). The first-order valence-corrected chi connectivity index (χ1v) is 7.84. The summed E-state index contributed by atoms with van der Waals surface area (Å²) in [5.74, 6) is -2.68. The lowest BCUT2D eigenvalue weighted by atomic mass is 9.91. The molecule has 2 aromatic carbocycles. The molecule has 2 aromatic rings. The number of amides is 3. The van der Waals surface area contributed by atoms with E-state index in [4.69, 9.17) is 0 Å². The van der Waals surface area contributed by atoms with E-state index in [1.165, 1.54) is 31.2 Å². The van der Waals surface area contributed by atoms with E-state index in [2.05, 4.69) is 10.1 Å². The van der Waals surface area contributed by atoms with Crippen LogP contribution < -0.4 is 10.1 Å². The average Bonchev–Trinajstić information content (AvgIpc) is 2.82. The molecule has 0 unspecified atom stereocenters. The number of urea groups is 1. The van der Waals surface area contributed by atoms with Gasteiger partial charge in [-0.2, -0.15) is 8.78 Å². The van der Waals surface area contributed by atoms with Crippen LogP contribution in [0.25, 0.3) is 0 Å². The lowest BCUT2D eigenvalue weighted by Crippen LogP contribution is -2.41. The summed E-state index contributed by atoms with van der Waals surface area (Å²) < 4.78 is 57.1. The van der Waals surface area contributed by atoms with Gasteiger partial charge in [-0.3, -0.25) is 9.69 Å². The van der Waals surface area contributed by atoms with E-state index in [-0.39, 0.29) is 23.4 Å². The molecule has 0 aliphatic carbocycles. The highest BCUT2D eigenvalue weighted by Crippen LogP contribution is 2.33. The molecule has 0 radical (unpaired) electrons. The monoisotopic (exact) mass is 382 g/mol. The van der Waals surface area contributed by atoms with E-state index in [0.717, 1.165) is 23.1 Å². The van der Waals surface area contributed by atoms with Gasteiger partial charge in [0.1, 0.15) is 22.9 Å². The second-order valence-corrected chi connectivity index (χ2v) is 6.06. The summed E-state index contributed by atoms with van der Waals surface area (Å²) in [5.41, 5.74) is -2.01. The number of ether oxygens (including phenoxy) is 1. The number of imide groups is 1. The normalized spacial score (nSPS) is 19.6. The molecule has 1 fully saturated rings. The number of nitrogens with zero attached hydrogens (tertiary/aromatic N) is 1. The van der Waals surface area contributed by atoms with E-state index < -0.39 is 35.7 Å². The molecular weight excluding hydrogens is 368 g/mol. The van der Waals surface area contributed by atoms with Gasteiger partial charge in [-0.1, -0.05) is 18.2 Å². The number of hydrogen-bond acceptors (Lipinski definition) is 3. The second-order valence-electron chi connectivity index (χ2n) is 6.06. The minimum absolute atomic E-state index is 0.158. The predicted octanol–water partition coefficient (Wildman–Crippen LogP) is 3.53. The van der Waals surface area contributed by atoms with Crippen molar-refractivity contribution in [3.8, 4) is 5.75 Å². The fourth-order valence-electron chi connectivity index (χ4n) is 2.92. The molecule has 1 N–H and O–H groups in total. The minimum atomic E-state index is -3.08. The van der Waals surface area contributed by atoms with Crippen LogP contribution in [0.15, 0.2) is 42.5 Å². The summed E-state index contributed by atoms with van der Waals surface area (Å²) in [4.78, 5) is 25.8. The first-order chi connectivity index (χ1) is 12.7. The highest BCUT2D eigenvalue weighted by molar-refractivity contribution is 6.07. The lowest BCUT2D eigenvalue weighted by molar-refractivity contribution is -0.131. The zero-order chi connectivity index (χ0) is 19.8. The van der Waals surface area contributed by atoms with Crippen LogP contribution in [0.2, 0.25) is 0 Å². The molecule has 27 heavy (non-hydrogen) atoms. The Kier molecular flexibility index (Phi) is 4.77. The Morgan fingerprint density at radius 1 is 1.15 bits per heavy atom. The van der Waals surface area contributed by atoms with Crippen molar-refractivity contribution in [3.63, 3.8) is 0 Å². The molecule has 1 atom stereocenters. The summed E-state index contributed by atoms with van der Waals surface area (Å²) >= 11 is 0. The molecular formula is C18H14F4N2O3. The van der Waals surface area contributed by atoms with Crippen molar-refractivity contribution in [2.24, 2.45) is 0 Å². The van der Waals surface area contributed by atoms with Gasteiger partial charge >= 0.3 is 12.6 Å². The molecule has 0 spiro atoms. The Bertz CT molecular complexity index is 906. The van der Waals surface area contributed by atoms with Crippen molar-refractivity contribution < 1.29 is 31.9 Å². The van der Waals surface area contributed by atoms with Crippen molar-refractivity contribution in [2.45, 2.75) is 25.6 Å². The van der Waals surface area contributed by atoms with Gasteiger partial charge in [-0.05, 0) is 31.2 Å². The maximum absolute atomic E-state index is 14.1. The Hall–Kier alpha value is -3.10. The molecule has 1 saturated heterocycles. The maximum Gasteiger partial charge on any atom is 0.387 e. The molecule has 1 aliphatic heterocycles. The molecule has 1 heterocycles. The predicted molar refractivity (Wildman–Crippen MR) is 85.9 cm³/mol. The molecule has 142 valence electrons. The van der Waals surface area contributed by atoms with Crippen LogP contribution >= 0.6 is 0 Å². The standard InChI is InChI=1S/C18H14F4N2O3/c1-18(12-8-11(19)6-7-13(12)20)15(25)24(17(26)23-18)9-10-4-2-3-5-14(10)27-16(21)22/h2-8,16H,9H2,1H3,(H,23,26)/t18-/m0/s1. The number of alkyl halides is 2. The van der Waals surface area contributed by atoms with Crippen molar-refractivity contribution in [1.29, 1.82) is 0 Å². The van der Waals surface area contributed by atoms with Gasteiger partial charge in [0.15, 0.2) is 0 Å². The number of rotatable bonds is 5. The van der Waals surface area contributed by atoms with Crippen LogP contribution in [0.3, 0.4) is 0 Å². The van der Waals surface area contributed by atoms with Crippen molar-refractivity contribution in [3.05, 3.63) is 65.2 Å². The largest absolute Gasteiger partial charge is 0.434 e. The van der Waals surface area contributed by atoms with Crippen LogP contribution in [-0.2, 0) is 16.9 Å². The Balaban J connectivity index is 1.93. The third-order valence-electron chi connectivity index (χ3n) is 4.26. The number of nitrogens with one attached hydrogen (secondary N) is 1. The van der Waals surface area contributed by atoms with Crippen LogP contribution in [0, 0.1) is 11.6 Å². The smallest absolute Gasteiger partial charge is 0.387 e. The number of hydrogen-bond donors (Lipinski definition) is 1. The summed E-state index contributed by atoms with van der Waals surface area (Å²) in [6, 6.07) is 7.37. The first-order valence-electron chi connectivity index (χ1n) is 7.84. The topological polar surface area (TPSA) is 58.6 Å². The number of halogens is 4. The van der Waals surface area contributed by atoms with Gasteiger partial charge in [0.25, 0.3) is 5.91 Å². The van der Waals surface area contributed by atoms with Gasteiger partial charge in [-0.25, -0.2) is 13.6 Å². The summed E-state index contributed by atoms with van der Waals surface area (Å²) in [7, 11) is 0. The Labute approximate surface area is 151 Å². The molecule has 9 heteroatoms. The van der Waals surface area contributed by atoms with E-state index in [0.29, 0.717) is 0 Å². The zero-order valence-electron chi connectivity index (χ0n) is 14.0. The lowest BCUT2D eigenvalue weighted by Gasteiger charge is -2.23. The number of para-hydroxylation sites is 1. The third-order valence-corrected chi connectivity index (χ3v) is 4.26. The second kappa shape index (κ2) is 6.90. The number of carbonyl (C=O) groups excluding carboxylic acids is 2. The average molecular weight is 382 g/mol. The highest BCUT2D eigenvalue weighted by atomic mass is 19.3. The van der Waals surface area contributed by atoms with E-state index in [1.807, 2.05) is 0 Å². The first kappa shape index (κ1) is 18.7. The van der Waals surface area contributed by atoms with Crippen molar-refractivity contribution in [2.75, 3.05) is 0 Å². The van der Waals surface area contributed by atoms with Crippen LogP contribution in [0.5, 0.6) is 5.75 Å². The molecule has 0 saturated carbocycles. The zero-order valence-corrected chi connectivity index (χ0v) is 14.0. The minimum Gasteiger partial charge on any atom is -0.434 e. The fourth-order valence-corrected chi connectivity index (χ4v) is 2.92. The quantitative estimate of drug-likeness (QED) is 0.636. The molecule has 3 amide bonds. The van der Waals surface area contributed by atoms with Crippen LogP contribution in [-0.4, -0.2) is 23.4 Å². The SMILES string of the molecule is C[C@@]1(c2cc(F)ccc2F)NC(=O)N(Cc2ccccc2OC(F)F)C1=O. The van der Waals surface area contributed by atoms with E-state index in [1.54, 1.807) is 0 Å². The van der Waals surface area contributed by atoms with Gasteiger partial charge < -0.3 is 10.1 Å². The van der Waals surface area contributed by atoms with Gasteiger partial charge in [0, 0.05) is 11.1 Å². The number of carbonyl (C=O) groups is 2. The van der Waals surface area contributed by atoms with Gasteiger partial charge in [0.05, 0.1) is 6.54 Å². The number of benzene rings is 2. The Morgan fingerprint density at radius 2 is 1.85 bits per heavy atom. The Morgan fingerprint density at radius 3 is 2.56 bits per heavy atom. The van der Waals surface area contributed by atoms with E-state index >= 15 is 0 Å². The summed E-state index contributed by atoms with van der Waals surface area (Å²) in [5, 5.41) is 2.34. The third kappa shape index (κ3) is 3.44. The van der Waals surface area contributed by atoms with Gasteiger partial charge in [-0.15, -0.1) is 0 Å². The van der Waals surface area contributed by atoms with Crippen LogP contribution in [0.1, 0.15) is 18.1 Å². The van der Waals surface area contributed by atoms with Gasteiger partial charge in [0.2, 0.25) is 0 Å². The summed E-state index contributed by atoms with van der Waals surface area (Å²) in [6.07, 6.45) is 0. The highest BCUT2D eigenvalue weighted by Gasteiger charge is 2.50. The maximum atomic E-state index is 14.1. The molecule has 1 aliphatic rings. The molecule has 5 nitrogen and oxygen atoms in total. The fraction of sp³-hybridized carbons (Fsp3) is 0.222. The molecule has 0 aromatic heterocycles. The van der Waals surface area contributed by atoms with Crippen molar-refractivity contribution in [1.82, 2.24) is 10.2 Å². The van der Waals surface area contributed by atoms with Crippen LogP contribution in [0.4, 0.5) is 22.4 Å².